The lowest BCUT2D eigenvalue weighted by Gasteiger charge is -2.65. The highest BCUT2D eigenvalue weighted by Crippen LogP contribution is 2.66. The smallest absolute Gasteiger partial charge is 0.304 e. The van der Waals surface area contributed by atoms with Crippen LogP contribution in [-0.4, -0.2) is 72.1 Å². The number of phenols is 1. The zero-order valence-corrected chi connectivity index (χ0v) is 16.4. The number of carbonyl (C=O) groups is 1. The number of methoxy groups -OCH3 is 1. The van der Waals surface area contributed by atoms with Crippen molar-refractivity contribution in [1.82, 2.24) is 10.2 Å². The van der Waals surface area contributed by atoms with Crippen molar-refractivity contribution in [1.29, 1.82) is 0 Å². The van der Waals surface area contributed by atoms with Gasteiger partial charge in [0, 0.05) is 31.3 Å². The zero-order valence-electron chi connectivity index (χ0n) is 16.4. The van der Waals surface area contributed by atoms with Crippen LogP contribution in [0.15, 0.2) is 12.1 Å². The number of nitrogens with one attached hydrogen (secondary N) is 1. The fraction of sp³-hybridized carbons (Fsp3) is 0.667. The van der Waals surface area contributed by atoms with E-state index >= 15 is 0 Å². The molecule has 1 saturated heterocycles. The molecule has 5 rings (SSSR count). The maximum Gasteiger partial charge on any atom is 0.304 e. The summed E-state index contributed by atoms with van der Waals surface area (Å²) in [6, 6.07) is 4.07. The van der Waals surface area contributed by atoms with Crippen LogP contribution >= 0.6 is 0 Å². The summed E-state index contributed by atoms with van der Waals surface area (Å²) in [7, 11) is 3.99. The summed E-state index contributed by atoms with van der Waals surface area (Å²) in [5.41, 5.74) is 1.70. The lowest BCUT2D eigenvalue weighted by molar-refractivity contribution is -0.203. The van der Waals surface area contributed by atoms with Crippen molar-refractivity contribution in [2.75, 3.05) is 27.2 Å². The van der Waals surface area contributed by atoms with Crippen LogP contribution in [0.5, 0.6) is 11.5 Å². The van der Waals surface area contributed by atoms with E-state index in [1.54, 1.807) is 6.07 Å². The maximum atomic E-state index is 11.0. The molecule has 2 fully saturated rings. The van der Waals surface area contributed by atoms with Crippen LogP contribution < -0.4 is 10.1 Å². The van der Waals surface area contributed by atoms with Gasteiger partial charge in [0.05, 0.1) is 17.4 Å². The molecule has 2 bridgehead atoms. The Bertz CT molecular complexity index is 829. The monoisotopic (exact) mass is 388 g/mol. The summed E-state index contributed by atoms with van der Waals surface area (Å²) in [5.74, 6) is -0.00616. The predicted octanol–water partition coefficient (Wildman–Crippen LogP) is 1.26. The van der Waals surface area contributed by atoms with Gasteiger partial charge >= 0.3 is 5.97 Å². The first-order valence-corrected chi connectivity index (χ1v) is 10.2. The van der Waals surface area contributed by atoms with Crippen molar-refractivity contribution in [2.45, 2.75) is 61.3 Å². The number of aromatic hydroxyl groups is 1. The first-order valence-electron chi connectivity index (χ1n) is 10.2. The Labute approximate surface area is 164 Å². The zero-order chi connectivity index (χ0) is 19.7. The highest BCUT2D eigenvalue weighted by Gasteiger charge is 2.73. The fourth-order valence-corrected chi connectivity index (χ4v) is 6.71. The van der Waals surface area contributed by atoms with Crippen LogP contribution in [-0.2, 0) is 21.4 Å². The minimum atomic E-state index is -0.805. The molecule has 2 heterocycles. The number of phenolic OH excluding ortho intramolecular Hbond substituents is 1. The van der Waals surface area contributed by atoms with E-state index in [1.165, 1.54) is 5.56 Å². The largest absolute Gasteiger partial charge is 0.504 e. The van der Waals surface area contributed by atoms with Gasteiger partial charge in [-0.2, -0.15) is 0 Å². The average Bonchev–Trinajstić information content (AvgIpc) is 3.03. The molecule has 7 nitrogen and oxygen atoms in total. The van der Waals surface area contributed by atoms with Crippen molar-refractivity contribution in [3.63, 3.8) is 0 Å². The van der Waals surface area contributed by atoms with Gasteiger partial charge < -0.3 is 29.9 Å². The van der Waals surface area contributed by atoms with Crippen LogP contribution in [0.4, 0.5) is 0 Å². The molecule has 1 spiro atoms. The number of piperidine rings is 1. The SMILES string of the molecule is CO[C@@]12CC[C@H](NCCC(=O)O)[C@@H]3Oc4c(O)ccc5c4[C@@]31CCN(C)C2C5. The Hall–Kier alpha value is -1.83. The third kappa shape index (κ3) is 2.07. The highest BCUT2D eigenvalue weighted by molar-refractivity contribution is 5.67. The van der Waals surface area contributed by atoms with E-state index in [2.05, 4.69) is 17.3 Å². The third-order valence-electron chi connectivity index (χ3n) is 7.80. The Morgan fingerprint density at radius 1 is 1.43 bits per heavy atom. The van der Waals surface area contributed by atoms with Gasteiger partial charge in [-0.3, -0.25) is 4.79 Å². The van der Waals surface area contributed by atoms with Crippen molar-refractivity contribution < 1.29 is 24.5 Å². The maximum absolute atomic E-state index is 11.0. The Morgan fingerprint density at radius 3 is 3.00 bits per heavy atom. The summed E-state index contributed by atoms with van der Waals surface area (Å²) >= 11 is 0. The molecule has 7 heteroatoms. The van der Waals surface area contributed by atoms with Crippen molar-refractivity contribution >= 4 is 5.97 Å². The minimum Gasteiger partial charge on any atom is -0.504 e. The van der Waals surface area contributed by atoms with Gasteiger partial charge in [-0.05, 0) is 50.9 Å². The van der Waals surface area contributed by atoms with Crippen molar-refractivity contribution in [2.24, 2.45) is 0 Å². The van der Waals surface area contributed by atoms with Crippen molar-refractivity contribution in [3.8, 4) is 11.5 Å². The molecule has 1 unspecified atom stereocenters. The van der Waals surface area contributed by atoms with Crippen LogP contribution in [0.3, 0.4) is 0 Å². The molecule has 2 aliphatic heterocycles. The number of hydrogen-bond acceptors (Lipinski definition) is 6. The molecular formula is C21H28N2O5. The van der Waals surface area contributed by atoms with Gasteiger partial charge in [-0.15, -0.1) is 0 Å². The second kappa shape index (κ2) is 6.08. The second-order valence-corrected chi connectivity index (χ2v) is 8.74. The number of rotatable bonds is 5. The van der Waals surface area contributed by atoms with Gasteiger partial charge in [0.25, 0.3) is 0 Å². The van der Waals surface area contributed by atoms with E-state index in [4.69, 9.17) is 14.6 Å². The van der Waals surface area contributed by atoms with Crippen LogP contribution in [0.2, 0.25) is 0 Å². The Kier molecular flexibility index (Phi) is 3.96. The van der Waals surface area contributed by atoms with Gasteiger partial charge in [0.1, 0.15) is 6.10 Å². The van der Waals surface area contributed by atoms with Gasteiger partial charge in [-0.25, -0.2) is 0 Å². The van der Waals surface area contributed by atoms with E-state index in [-0.39, 0.29) is 41.4 Å². The molecule has 1 aromatic carbocycles. The van der Waals surface area contributed by atoms with Crippen molar-refractivity contribution in [3.05, 3.63) is 23.3 Å². The molecule has 0 aromatic heterocycles. The highest BCUT2D eigenvalue weighted by atomic mass is 16.5. The molecule has 1 aromatic rings. The van der Waals surface area contributed by atoms with Gasteiger partial charge in [0.15, 0.2) is 11.5 Å². The van der Waals surface area contributed by atoms with Crippen LogP contribution in [0.1, 0.15) is 36.8 Å². The predicted molar refractivity (Wildman–Crippen MR) is 102 cm³/mol. The van der Waals surface area contributed by atoms with E-state index in [0.717, 1.165) is 37.8 Å². The lowest BCUT2D eigenvalue weighted by Crippen LogP contribution is -2.78. The number of likely N-dealkylation sites (tertiary alicyclic amines) is 1. The van der Waals surface area contributed by atoms with Gasteiger partial charge in [0.2, 0.25) is 0 Å². The molecule has 0 amide bonds. The summed E-state index contributed by atoms with van der Waals surface area (Å²) in [6.07, 6.45) is 3.45. The van der Waals surface area contributed by atoms with E-state index < -0.39 is 5.97 Å². The van der Waals surface area contributed by atoms with E-state index in [1.807, 2.05) is 13.2 Å². The molecule has 1 saturated carbocycles. The number of carboxylic acids is 1. The molecule has 5 atom stereocenters. The number of nitrogens with zero attached hydrogens (tertiary/aromatic N) is 1. The molecule has 0 radical (unpaired) electrons. The average molecular weight is 388 g/mol. The molecule has 3 N–H and O–H groups in total. The van der Waals surface area contributed by atoms with Crippen LogP contribution in [0, 0.1) is 0 Å². The number of benzene rings is 1. The van der Waals surface area contributed by atoms with E-state index in [0.29, 0.717) is 12.3 Å². The minimum absolute atomic E-state index is 0.0319. The quantitative estimate of drug-likeness (QED) is 0.700. The molecule has 2 aliphatic carbocycles. The Morgan fingerprint density at radius 2 is 2.25 bits per heavy atom. The number of aliphatic carboxylic acids is 1. The molecule has 4 aliphatic rings. The summed E-state index contributed by atoms with van der Waals surface area (Å²) in [6.45, 7) is 1.36. The standard InChI is InChI=1S/C21H28N2O5/c1-23-10-8-20-17-12-3-4-14(24)18(17)28-19(20)13(22-9-6-16(25)26)5-7-21(20,27-2)15(23)11-12/h3-4,13,15,19,22,24H,5-11H2,1-2H3,(H,25,26)/t13-,15?,19-,20-,21+/m0/s1. The number of hydrogen-bond donors (Lipinski definition) is 3. The third-order valence-corrected chi connectivity index (χ3v) is 7.80. The van der Waals surface area contributed by atoms with Gasteiger partial charge in [-0.1, -0.05) is 6.07 Å². The summed E-state index contributed by atoms with van der Waals surface area (Å²) in [5, 5.41) is 23.0. The second-order valence-electron chi connectivity index (χ2n) is 8.74. The molecule has 28 heavy (non-hydrogen) atoms. The lowest BCUT2D eigenvalue weighted by atomic mass is 9.48. The Balaban J connectivity index is 1.64. The topological polar surface area (TPSA) is 91.3 Å². The first kappa shape index (κ1) is 18.2. The fourth-order valence-electron chi connectivity index (χ4n) is 6.71. The van der Waals surface area contributed by atoms with E-state index in [9.17, 15) is 9.90 Å². The summed E-state index contributed by atoms with van der Waals surface area (Å²) < 4.78 is 12.9. The number of likely N-dealkylation sites (N-methyl/N-ethyl adjacent to an activating group) is 1. The summed E-state index contributed by atoms with van der Waals surface area (Å²) in [4.78, 5) is 13.4. The first-order chi connectivity index (χ1) is 13.4. The van der Waals surface area contributed by atoms with Crippen LogP contribution in [0.25, 0.3) is 0 Å². The normalized spacial score (nSPS) is 38.0. The number of ether oxygens (including phenoxy) is 2. The number of carboxylic acid groups (broad SMARTS) is 1. The molecular weight excluding hydrogens is 360 g/mol. The molecule has 152 valence electrons.